The van der Waals surface area contributed by atoms with Crippen molar-refractivity contribution in [1.29, 1.82) is 0 Å². The molecular formula is C9H19NO3. The smallest absolute Gasteiger partial charge is 0.319 e. The second kappa shape index (κ2) is 5.94. The van der Waals surface area contributed by atoms with Gasteiger partial charge in [-0.25, -0.2) is 0 Å². The maximum Gasteiger partial charge on any atom is 0.319 e. The summed E-state index contributed by atoms with van der Waals surface area (Å²) in [5.41, 5.74) is -0.178. The number of hydrogen-bond acceptors (Lipinski definition) is 4. The minimum absolute atomic E-state index is 0.124. The Morgan fingerprint density at radius 3 is 2.62 bits per heavy atom. The predicted octanol–water partition coefficient (Wildman–Crippen LogP) is 0.300. The molecule has 0 spiro atoms. The molecule has 0 aromatic rings. The third-order valence-corrected chi connectivity index (χ3v) is 2.33. The standard InChI is InChI=1S/C9H19NO3/c1-4-9(2,5-6-11)10-7-8(12)13-3/h10-11H,4-7H2,1-3H3. The maximum absolute atomic E-state index is 10.8. The second-order valence-electron chi connectivity index (χ2n) is 3.32. The summed E-state index contributed by atoms with van der Waals surface area (Å²) in [7, 11) is 1.36. The van der Waals surface area contributed by atoms with Gasteiger partial charge in [-0.2, -0.15) is 0 Å². The van der Waals surface area contributed by atoms with E-state index in [1.165, 1.54) is 7.11 Å². The van der Waals surface area contributed by atoms with Gasteiger partial charge in [0.15, 0.2) is 0 Å². The zero-order chi connectivity index (χ0) is 10.3. The monoisotopic (exact) mass is 189 g/mol. The third kappa shape index (κ3) is 4.85. The minimum atomic E-state index is -0.280. The van der Waals surface area contributed by atoms with Gasteiger partial charge in [0.1, 0.15) is 0 Å². The van der Waals surface area contributed by atoms with Crippen LogP contribution in [0.15, 0.2) is 0 Å². The Morgan fingerprint density at radius 2 is 2.23 bits per heavy atom. The number of rotatable bonds is 6. The van der Waals surface area contributed by atoms with E-state index in [0.717, 1.165) is 6.42 Å². The van der Waals surface area contributed by atoms with Gasteiger partial charge >= 0.3 is 5.97 Å². The molecule has 0 aromatic heterocycles. The van der Waals surface area contributed by atoms with Gasteiger partial charge in [0, 0.05) is 12.1 Å². The van der Waals surface area contributed by atoms with Crippen molar-refractivity contribution in [3.05, 3.63) is 0 Å². The van der Waals surface area contributed by atoms with Gasteiger partial charge in [-0.1, -0.05) is 6.92 Å². The molecule has 0 aromatic carbocycles. The zero-order valence-corrected chi connectivity index (χ0v) is 8.59. The molecule has 4 nitrogen and oxygen atoms in total. The van der Waals surface area contributed by atoms with Crippen molar-refractivity contribution in [2.45, 2.75) is 32.2 Å². The molecule has 0 amide bonds. The first-order valence-corrected chi connectivity index (χ1v) is 4.50. The van der Waals surface area contributed by atoms with Crippen LogP contribution in [0.1, 0.15) is 26.7 Å². The molecule has 4 heteroatoms. The van der Waals surface area contributed by atoms with Crippen molar-refractivity contribution in [3.63, 3.8) is 0 Å². The lowest BCUT2D eigenvalue weighted by Gasteiger charge is -2.28. The molecule has 0 saturated heterocycles. The average molecular weight is 189 g/mol. The molecule has 78 valence electrons. The quantitative estimate of drug-likeness (QED) is 0.590. The number of ether oxygens (including phenoxy) is 1. The average Bonchev–Trinajstić information content (AvgIpc) is 2.15. The van der Waals surface area contributed by atoms with Crippen LogP contribution in [-0.4, -0.2) is 36.9 Å². The van der Waals surface area contributed by atoms with Gasteiger partial charge in [-0.3, -0.25) is 4.79 Å². The molecule has 1 unspecified atom stereocenters. The summed E-state index contributed by atoms with van der Waals surface area (Å²) in [4.78, 5) is 10.8. The molecule has 0 aliphatic heterocycles. The van der Waals surface area contributed by atoms with E-state index in [9.17, 15) is 4.79 Å². The Hall–Kier alpha value is -0.610. The van der Waals surface area contributed by atoms with Crippen LogP contribution in [0.4, 0.5) is 0 Å². The summed E-state index contributed by atoms with van der Waals surface area (Å²) in [5, 5.41) is 11.9. The molecule has 0 rings (SSSR count). The number of esters is 1. The Labute approximate surface area is 79.3 Å². The Balaban J connectivity index is 3.89. The lowest BCUT2D eigenvalue weighted by atomic mass is 9.95. The van der Waals surface area contributed by atoms with Gasteiger partial charge in [0.2, 0.25) is 0 Å². The van der Waals surface area contributed by atoms with Crippen LogP contribution < -0.4 is 5.32 Å². The highest BCUT2D eigenvalue weighted by Gasteiger charge is 2.21. The van der Waals surface area contributed by atoms with Crippen molar-refractivity contribution in [3.8, 4) is 0 Å². The molecule has 0 heterocycles. The number of nitrogens with one attached hydrogen (secondary N) is 1. The lowest BCUT2D eigenvalue weighted by Crippen LogP contribution is -2.45. The highest BCUT2D eigenvalue weighted by atomic mass is 16.5. The van der Waals surface area contributed by atoms with E-state index in [1.807, 2.05) is 13.8 Å². The summed E-state index contributed by atoms with van der Waals surface area (Å²) in [6, 6.07) is 0. The zero-order valence-electron chi connectivity index (χ0n) is 8.59. The van der Waals surface area contributed by atoms with Crippen molar-refractivity contribution >= 4 is 5.97 Å². The Bertz CT molecular complexity index is 161. The summed E-state index contributed by atoms with van der Waals surface area (Å²) in [5.74, 6) is -0.280. The number of methoxy groups -OCH3 is 1. The molecule has 13 heavy (non-hydrogen) atoms. The van der Waals surface area contributed by atoms with Gasteiger partial charge in [-0.15, -0.1) is 0 Å². The number of hydrogen-bond donors (Lipinski definition) is 2. The van der Waals surface area contributed by atoms with E-state index < -0.39 is 0 Å². The summed E-state index contributed by atoms with van der Waals surface area (Å²) in [6.45, 7) is 4.31. The van der Waals surface area contributed by atoms with Gasteiger partial charge in [0.05, 0.1) is 13.7 Å². The SMILES string of the molecule is CCC(C)(CCO)NCC(=O)OC. The van der Waals surface area contributed by atoms with Crippen LogP contribution in [0.2, 0.25) is 0 Å². The van der Waals surface area contributed by atoms with E-state index in [1.54, 1.807) is 0 Å². The predicted molar refractivity (Wildman–Crippen MR) is 50.4 cm³/mol. The van der Waals surface area contributed by atoms with Crippen LogP contribution in [0.5, 0.6) is 0 Å². The molecule has 0 saturated carbocycles. The maximum atomic E-state index is 10.8. The minimum Gasteiger partial charge on any atom is -0.468 e. The normalized spacial score (nSPS) is 15.1. The molecule has 0 radical (unpaired) electrons. The first kappa shape index (κ1) is 12.4. The summed E-state index contributed by atoms with van der Waals surface area (Å²) >= 11 is 0. The summed E-state index contributed by atoms with van der Waals surface area (Å²) in [6.07, 6.45) is 1.51. The van der Waals surface area contributed by atoms with Crippen LogP contribution in [0.3, 0.4) is 0 Å². The molecular weight excluding hydrogens is 170 g/mol. The molecule has 0 aliphatic rings. The van der Waals surface area contributed by atoms with E-state index in [-0.39, 0.29) is 24.7 Å². The third-order valence-electron chi connectivity index (χ3n) is 2.33. The van der Waals surface area contributed by atoms with Crippen LogP contribution in [0.25, 0.3) is 0 Å². The van der Waals surface area contributed by atoms with Crippen LogP contribution in [0, 0.1) is 0 Å². The van der Waals surface area contributed by atoms with E-state index in [0.29, 0.717) is 6.42 Å². The molecule has 0 fully saturated rings. The first-order chi connectivity index (χ1) is 6.08. The lowest BCUT2D eigenvalue weighted by molar-refractivity contribution is -0.140. The highest BCUT2D eigenvalue weighted by molar-refractivity contribution is 5.71. The first-order valence-electron chi connectivity index (χ1n) is 4.50. The number of aliphatic hydroxyl groups is 1. The van der Waals surface area contributed by atoms with Crippen LogP contribution >= 0.6 is 0 Å². The molecule has 2 N–H and O–H groups in total. The van der Waals surface area contributed by atoms with Crippen molar-refractivity contribution in [1.82, 2.24) is 5.32 Å². The fourth-order valence-corrected chi connectivity index (χ4v) is 0.995. The van der Waals surface area contributed by atoms with Gasteiger partial charge in [0.25, 0.3) is 0 Å². The highest BCUT2D eigenvalue weighted by Crippen LogP contribution is 2.12. The summed E-state index contributed by atoms with van der Waals surface area (Å²) < 4.78 is 4.50. The second-order valence-corrected chi connectivity index (χ2v) is 3.32. The van der Waals surface area contributed by atoms with Crippen LogP contribution in [-0.2, 0) is 9.53 Å². The van der Waals surface area contributed by atoms with E-state index in [2.05, 4.69) is 10.1 Å². The number of aliphatic hydroxyl groups excluding tert-OH is 1. The fraction of sp³-hybridized carbons (Fsp3) is 0.889. The molecule has 0 aliphatic carbocycles. The van der Waals surface area contributed by atoms with E-state index >= 15 is 0 Å². The Morgan fingerprint density at radius 1 is 1.62 bits per heavy atom. The van der Waals surface area contributed by atoms with Gasteiger partial charge < -0.3 is 15.2 Å². The van der Waals surface area contributed by atoms with Crippen molar-refractivity contribution < 1.29 is 14.6 Å². The molecule has 1 atom stereocenters. The fourth-order valence-electron chi connectivity index (χ4n) is 0.995. The van der Waals surface area contributed by atoms with E-state index in [4.69, 9.17) is 5.11 Å². The number of carbonyl (C=O) groups is 1. The topological polar surface area (TPSA) is 58.6 Å². The molecule has 0 bridgehead atoms. The largest absolute Gasteiger partial charge is 0.468 e. The van der Waals surface area contributed by atoms with Crippen molar-refractivity contribution in [2.75, 3.05) is 20.3 Å². The number of carbonyl (C=O) groups excluding carboxylic acids is 1. The van der Waals surface area contributed by atoms with Crippen molar-refractivity contribution in [2.24, 2.45) is 0 Å². The van der Waals surface area contributed by atoms with Gasteiger partial charge in [-0.05, 0) is 19.8 Å². The Kier molecular flexibility index (Phi) is 5.66.